The number of hydrogen-bond donors (Lipinski definition) is 0. The summed E-state index contributed by atoms with van der Waals surface area (Å²) in [6.07, 6.45) is 0.812. The Labute approximate surface area is 206 Å². The van der Waals surface area contributed by atoms with Crippen LogP contribution in [0, 0.1) is 0 Å². The molecule has 1 aliphatic rings. The summed E-state index contributed by atoms with van der Waals surface area (Å²) in [5, 5.41) is 3.00. The molecule has 33 heavy (non-hydrogen) atoms. The highest BCUT2D eigenvalue weighted by molar-refractivity contribution is 6.99. The SMILES string of the molecule is CC(C)(C)[Si](OCCCN1COCc2c(Cl)nc(Cl)nc21)(c1ccccc1)c1ccccc1. The molecular weight excluding hydrogens is 473 g/mol. The largest absolute Gasteiger partial charge is 0.407 e. The van der Waals surface area contributed by atoms with Crippen molar-refractivity contribution in [1.29, 1.82) is 0 Å². The van der Waals surface area contributed by atoms with Crippen molar-refractivity contribution >= 4 is 47.7 Å². The summed E-state index contributed by atoms with van der Waals surface area (Å²) >= 11 is 12.3. The summed E-state index contributed by atoms with van der Waals surface area (Å²) in [4.78, 5) is 10.5. The third-order valence-corrected chi connectivity index (χ3v) is 11.5. The molecule has 0 saturated heterocycles. The number of anilines is 1. The standard InChI is InChI=1S/C25H29Cl2N3O2Si/c1-25(2,3)33(19-11-6-4-7-12-19,20-13-8-5-9-14-20)32-16-10-15-30-18-31-17-21-22(26)28-24(27)29-23(21)30/h4-9,11-14H,10,15-18H2,1-3H3. The molecule has 5 nitrogen and oxygen atoms in total. The normalized spacial score (nSPS) is 14.3. The molecule has 4 rings (SSSR count). The van der Waals surface area contributed by atoms with Crippen molar-refractivity contribution in [2.45, 2.75) is 38.8 Å². The number of nitrogens with zero attached hydrogens (tertiary/aromatic N) is 3. The molecule has 0 fully saturated rings. The van der Waals surface area contributed by atoms with E-state index in [1.807, 2.05) is 4.90 Å². The average molecular weight is 503 g/mol. The first kappa shape index (κ1) is 24.2. The topological polar surface area (TPSA) is 47.5 Å². The Bertz CT molecular complexity index is 1040. The Morgan fingerprint density at radius 1 is 0.970 bits per heavy atom. The zero-order valence-corrected chi connectivity index (χ0v) is 21.7. The minimum absolute atomic E-state index is 0.0508. The van der Waals surface area contributed by atoms with Gasteiger partial charge in [0, 0.05) is 13.2 Å². The highest BCUT2D eigenvalue weighted by atomic mass is 35.5. The second kappa shape index (κ2) is 10.1. The Hall–Kier alpha value is -1.96. The van der Waals surface area contributed by atoms with Gasteiger partial charge in [0.15, 0.2) is 0 Å². The van der Waals surface area contributed by atoms with E-state index in [1.165, 1.54) is 10.4 Å². The van der Waals surface area contributed by atoms with Crippen LogP contribution < -0.4 is 15.3 Å². The van der Waals surface area contributed by atoms with Gasteiger partial charge >= 0.3 is 0 Å². The summed E-state index contributed by atoms with van der Waals surface area (Å²) in [6, 6.07) is 21.4. The quantitative estimate of drug-likeness (QED) is 0.196. The van der Waals surface area contributed by atoms with Crippen molar-refractivity contribution in [3.05, 3.63) is 76.7 Å². The minimum atomic E-state index is -2.54. The van der Waals surface area contributed by atoms with Crippen molar-refractivity contribution in [1.82, 2.24) is 9.97 Å². The Morgan fingerprint density at radius 2 is 1.58 bits per heavy atom. The molecule has 8 heteroatoms. The number of aromatic nitrogens is 2. The van der Waals surface area contributed by atoms with E-state index in [9.17, 15) is 0 Å². The first-order chi connectivity index (χ1) is 15.8. The van der Waals surface area contributed by atoms with Gasteiger partial charge in [-0.2, -0.15) is 0 Å². The molecule has 0 aliphatic carbocycles. The van der Waals surface area contributed by atoms with Crippen molar-refractivity contribution in [3.8, 4) is 0 Å². The van der Waals surface area contributed by atoms with E-state index in [4.69, 9.17) is 32.4 Å². The van der Waals surface area contributed by atoms with Crippen LogP contribution in [-0.4, -0.2) is 38.2 Å². The predicted molar refractivity (Wildman–Crippen MR) is 137 cm³/mol. The van der Waals surface area contributed by atoms with Crippen LogP contribution in [0.4, 0.5) is 5.82 Å². The van der Waals surface area contributed by atoms with Crippen LogP contribution in [0.3, 0.4) is 0 Å². The first-order valence-electron chi connectivity index (χ1n) is 11.1. The van der Waals surface area contributed by atoms with Crippen LogP contribution in [0.5, 0.6) is 0 Å². The number of ether oxygens (including phenoxy) is 1. The van der Waals surface area contributed by atoms with Crippen molar-refractivity contribution in [2.75, 3.05) is 24.8 Å². The molecule has 174 valence electrons. The molecule has 2 heterocycles. The number of benzene rings is 2. The van der Waals surface area contributed by atoms with Crippen molar-refractivity contribution in [2.24, 2.45) is 0 Å². The molecule has 0 atom stereocenters. The molecule has 0 N–H and O–H groups in total. The second-order valence-corrected chi connectivity index (χ2v) is 14.2. The molecular formula is C25H29Cl2N3O2Si. The molecule has 0 spiro atoms. The fourth-order valence-corrected chi connectivity index (χ4v) is 9.57. The molecule has 3 aromatic rings. The molecule has 0 amide bonds. The van der Waals surface area contributed by atoms with Crippen LogP contribution in [0.1, 0.15) is 32.8 Å². The van der Waals surface area contributed by atoms with Gasteiger partial charge in [0.1, 0.15) is 17.7 Å². The summed E-state index contributed by atoms with van der Waals surface area (Å²) in [7, 11) is -2.54. The monoisotopic (exact) mass is 501 g/mol. The average Bonchev–Trinajstić information content (AvgIpc) is 2.80. The highest BCUT2D eigenvalue weighted by Crippen LogP contribution is 2.37. The Kier molecular flexibility index (Phi) is 7.41. The maximum atomic E-state index is 6.98. The van der Waals surface area contributed by atoms with Crippen LogP contribution in [0.15, 0.2) is 60.7 Å². The fourth-order valence-electron chi connectivity index (χ4n) is 4.54. The third kappa shape index (κ3) is 4.95. The molecule has 2 aromatic carbocycles. The molecule has 0 bridgehead atoms. The maximum absolute atomic E-state index is 6.98. The first-order valence-corrected chi connectivity index (χ1v) is 13.8. The van der Waals surface area contributed by atoms with Gasteiger partial charge in [-0.25, -0.2) is 9.97 Å². The van der Waals surface area contributed by atoms with Crippen LogP contribution in [0.25, 0.3) is 0 Å². The smallest absolute Gasteiger partial charge is 0.261 e. The number of hydrogen-bond acceptors (Lipinski definition) is 5. The number of rotatable bonds is 7. The van der Waals surface area contributed by atoms with Gasteiger partial charge in [-0.05, 0) is 33.4 Å². The van der Waals surface area contributed by atoms with Gasteiger partial charge in [0.2, 0.25) is 5.28 Å². The van der Waals surface area contributed by atoms with Crippen molar-refractivity contribution < 1.29 is 9.16 Å². The van der Waals surface area contributed by atoms with E-state index < -0.39 is 8.32 Å². The second-order valence-electron chi connectivity index (χ2n) is 9.19. The number of halogens is 2. The molecule has 0 radical (unpaired) electrons. The summed E-state index contributed by atoms with van der Waals surface area (Å²) in [5.74, 6) is 0.747. The molecule has 0 saturated carbocycles. The van der Waals surface area contributed by atoms with Crippen LogP contribution >= 0.6 is 23.2 Å². The number of fused-ring (bicyclic) bond motifs is 1. The van der Waals surface area contributed by atoms with Gasteiger partial charge in [-0.3, -0.25) is 0 Å². The molecule has 1 aliphatic heterocycles. The van der Waals surface area contributed by atoms with Gasteiger partial charge in [-0.1, -0.05) is 93.0 Å². The van der Waals surface area contributed by atoms with E-state index >= 15 is 0 Å². The van der Waals surface area contributed by atoms with E-state index in [0.717, 1.165) is 24.3 Å². The zero-order valence-electron chi connectivity index (χ0n) is 19.2. The Morgan fingerprint density at radius 3 is 2.15 bits per heavy atom. The highest BCUT2D eigenvalue weighted by Gasteiger charge is 2.49. The van der Waals surface area contributed by atoms with Crippen LogP contribution in [-0.2, 0) is 15.8 Å². The van der Waals surface area contributed by atoms with E-state index in [2.05, 4.69) is 91.4 Å². The molecule has 1 aromatic heterocycles. The lowest BCUT2D eigenvalue weighted by Crippen LogP contribution is -2.66. The third-order valence-electron chi connectivity index (χ3n) is 6.01. The molecule has 0 unspecified atom stereocenters. The van der Waals surface area contributed by atoms with Crippen molar-refractivity contribution in [3.63, 3.8) is 0 Å². The van der Waals surface area contributed by atoms with E-state index in [-0.39, 0.29) is 10.3 Å². The van der Waals surface area contributed by atoms with Gasteiger partial charge in [0.25, 0.3) is 8.32 Å². The summed E-state index contributed by atoms with van der Waals surface area (Å²) in [6.45, 7) is 9.02. The van der Waals surface area contributed by atoms with Gasteiger partial charge in [0.05, 0.1) is 12.2 Å². The van der Waals surface area contributed by atoms with E-state index in [1.54, 1.807) is 0 Å². The van der Waals surface area contributed by atoms with Crippen LogP contribution in [0.2, 0.25) is 15.5 Å². The van der Waals surface area contributed by atoms with E-state index in [0.29, 0.717) is 25.1 Å². The fraction of sp³-hybridized carbons (Fsp3) is 0.360. The lowest BCUT2D eigenvalue weighted by molar-refractivity contribution is 0.107. The summed E-state index contributed by atoms with van der Waals surface area (Å²) in [5.41, 5.74) is 0.778. The predicted octanol–water partition coefficient (Wildman–Crippen LogP) is 5.04. The van der Waals surface area contributed by atoms with Gasteiger partial charge in [-0.15, -0.1) is 0 Å². The summed E-state index contributed by atoms with van der Waals surface area (Å²) < 4.78 is 12.7. The maximum Gasteiger partial charge on any atom is 0.261 e. The Balaban J connectivity index is 1.56. The van der Waals surface area contributed by atoms with Gasteiger partial charge < -0.3 is 14.1 Å². The lowest BCUT2D eigenvalue weighted by Gasteiger charge is -2.43. The zero-order chi connectivity index (χ0) is 23.5. The lowest BCUT2D eigenvalue weighted by atomic mass is 10.2. The minimum Gasteiger partial charge on any atom is -0.407 e.